The maximum Gasteiger partial charge on any atom is 0.416 e. The standard InChI is InChI=1S/C22H19F4N5O2/c1-12-8-14(22(24,25)26)10-17(28-12)31-18(32)9-13-11-30(7-6-27)20-15(23)4-3-5-16(20)29(2)21(33)19(13)31/h3-5,8,10,13,19H,7,9,11H2,1-2H3/t13-,19+/m1/s1. The van der Waals surface area contributed by atoms with Crippen molar-refractivity contribution in [3.63, 3.8) is 0 Å². The number of pyridine rings is 1. The van der Waals surface area contributed by atoms with E-state index in [0.717, 1.165) is 17.0 Å². The molecule has 1 fully saturated rings. The van der Waals surface area contributed by atoms with Crippen LogP contribution in [0.4, 0.5) is 34.8 Å². The van der Waals surface area contributed by atoms with E-state index in [1.165, 1.54) is 42.0 Å². The summed E-state index contributed by atoms with van der Waals surface area (Å²) in [5.74, 6) is -2.73. The molecule has 0 saturated carbocycles. The zero-order chi connectivity index (χ0) is 24.1. The Labute approximate surface area is 186 Å². The number of hydrogen-bond acceptors (Lipinski definition) is 5. The van der Waals surface area contributed by atoms with E-state index in [1.807, 2.05) is 6.07 Å². The predicted molar refractivity (Wildman–Crippen MR) is 111 cm³/mol. The summed E-state index contributed by atoms with van der Waals surface area (Å²) < 4.78 is 54.9. The quantitative estimate of drug-likeness (QED) is 0.507. The van der Waals surface area contributed by atoms with Crippen LogP contribution in [0.1, 0.15) is 17.7 Å². The predicted octanol–water partition coefficient (Wildman–Crippen LogP) is 3.28. The number of halogens is 4. The first kappa shape index (κ1) is 22.5. The van der Waals surface area contributed by atoms with Gasteiger partial charge in [0.2, 0.25) is 11.8 Å². The van der Waals surface area contributed by atoms with Crippen LogP contribution in [-0.2, 0) is 15.8 Å². The van der Waals surface area contributed by atoms with Gasteiger partial charge in [0.15, 0.2) is 0 Å². The molecule has 1 aromatic heterocycles. The van der Waals surface area contributed by atoms with Crippen LogP contribution in [0, 0.1) is 30.0 Å². The Morgan fingerprint density at radius 3 is 2.64 bits per heavy atom. The van der Waals surface area contributed by atoms with Gasteiger partial charge < -0.3 is 9.80 Å². The molecule has 7 nitrogen and oxygen atoms in total. The molecule has 0 bridgehead atoms. The van der Waals surface area contributed by atoms with Gasteiger partial charge in [-0.3, -0.25) is 14.5 Å². The molecule has 1 aromatic carbocycles. The first-order valence-electron chi connectivity index (χ1n) is 10.1. The molecule has 0 N–H and O–H groups in total. The lowest BCUT2D eigenvalue weighted by molar-refractivity contribution is -0.137. The van der Waals surface area contributed by atoms with Gasteiger partial charge >= 0.3 is 6.18 Å². The number of benzene rings is 1. The number of aryl methyl sites for hydroxylation is 1. The summed E-state index contributed by atoms with van der Waals surface area (Å²) in [5.41, 5.74) is -0.680. The van der Waals surface area contributed by atoms with Crippen LogP contribution < -0.4 is 14.7 Å². The van der Waals surface area contributed by atoms with Crippen molar-refractivity contribution in [3.8, 4) is 6.07 Å². The molecule has 2 aliphatic heterocycles. The van der Waals surface area contributed by atoms with Crippen LogP contribution in [0.2, 0.25) is 0 Å². The average Bonchev–Trinajstić information content (AvgIpc) is 3.06. The average molecular weight is 461 g/mol. The first-order chi connectivity index (χ1) is 15.5. The van der Waals surface area contributed by atoms with E-state index in [-0.39, 0.29) is 42.4 Å². The molecule has 2 amide bonds. The summed E-state index contributed by atoms with van der Waals surface area (Å²) in [6.45, 7) is 1.16. The molecule has 172 valence electrons. The molecule has 2 atom stereocenters. The van der Waals surface area contributed by atoms with Crippen LogP contribution in [0.15, 0.2) is 30.3 Å². The zero-order valence-corrected chi connectivity index (χ0v) is 17.7. The normalized spacial score (nSPS) is 20.8. The first-order valence-corrected chi connectivity index (χ1v) is 10.1. The van der Waals surface area contributed by atoms with Crippen molar-refractivity contribution < 1.29 is 27.2 Å². The molecule has 33 heavy (non-hydrogen) atoms. The van der Waals surface area contributed by atoms with E-state index in [0.29, 0.717) is 0 Å². The number of hydrogen-bond donors (Lipinski definition) is 0. The molecule has 2 aliphatic rings. The molecular formula is C22H19F4N5O2. The lowest BCUT2D eigenvalue weighted by Gasteiger charge is -2.38. The second-order valence-corrected chi connectivity index (χ2v) is 8.07. The van der Waals surface area contributed by atoms with Crippen LogP contribution in [0.25, 0.3) is 0 Å². The Kier molecular flexibility index (Phi) is 5.47. The fraction of sp³-hybridized carbons (Fsp3) is 0.364. The lowest BCUT2D eigenvalue weighted by Crippen LogP contribution is -2.52. The second kappa shape index (κ2) is 8.03. The number of carbonyl (C=O) groups excluding carboxylic acids is 2. The molecule has 11 heteroatoms. The number of nitrogens with zero attached hydrogens (tertiary/aromatic N) is 5. The Hall–Kier alpha value is -3.68. The molecule has 1 saturated heterocycles. The zero-order valence-electron chi connectivity index (χ0n) is 17.7. The van der Waals surface area contributed by atoms with Gasteiger partial charge in [0.1, 0.15) is 24.2 Å². The van der Waals surface area contributed by atoms with Gasteiger partial charge in [-0.1, -0.05) is 6.07 Å². The Morgan fingerprint density at radius 1 is 1.24 bits per heavy atom. The van der Waals surface area contributed by atoms with Crippen molar-refractivity contribution >= 4 is 29.0 Å². The fourth-order valence-electron chi connectivity index (χ4n) is 4.49. The molecule has 0 radical (unpaired) electrons. The Bertz CT molecular complexity index is 1180. The van der Waals surface area contributed by atoms with Crippen molar-refractivity contribution in [2.24, 2.45) is 5.92 Å². The molecule has 4 rings (SSSR count). The second-order valence-electron chi connectivity index (χ2n) is 8.07. The molecule has 0 spiro atoms. The van der Waals surface area contributed by atoms with Crippen molar-refractivity contribution in [3.05, 3.63) is 47.4 Å². The minimum atomic E-state index is -4.66. The molecule has 0 unspecified atom stereocenters. The van der Waals surface area contributed by atoms with E-state index in [1.54, 1.807) is 0 Å². The maximum absolute atomic E-state index is 14.7. The van der Waals surface area contributed by atoms with Crippen molar-refractivity contribution in [2.45, 2.75) is 25.6 Å². The molecule has 0 aliphatic carbocycles. The van der Waals surface area contributed by atoms with E-state index < -0.39 is 41.3 Å². The monoisotopic (exact) mass is 461 g/mol. The van der Waals surface area contributed by atoms with Gasteiger partial charge in [-0.2, -0.15) is 18.4 Å². The Balaban J connectivity index is 1.84. The summed E-state index contributed by atoms with van der Waals surface area (Å²) in [6.07, 6.45) is -4.82. The number of nitriles is 1. The highest BCUT2D eigenvalue weighted by atomic mass is 19.4. The smallest absolute Gasteiger partial charge is 0.354 e. The number of carbonyl (C=O) groups is 2. The highest BCUT2D eigenvalue weighted by molar-refractivity contribution is 6.10. The fourth-order valence-corrected chi connectivity index (χ4v) is 4.49. The summed E-state index contributed by atoms with van der Waals surface area (Å²) in [6, 6.07) is 6.55. The van der Waals surface area contributed by atoms with Crippen molar-refractivity contribution in [2.75, 3.05) is 34.8 Å². The van der Waals surface area contributed by atoms with Gasteiger partial charge in [-0.15, -0.1) is 0 Å². The largest absolute Gasteiger partial charge is 0.416 e. The third-order valence-corrected chi connectivity index (χ3v) is 5.89. The maximum atomic E-state index is 14.7. The van der Waals surface area contributed by atoms with E-state index in [2.05, 4.69) is 4.98 Å². The van der Waals surface area contributed by atoms with Gasteiger partial charge in [0, 0.05) is 31.6 Å². The van der Waals surface area contributed by atoms with Crippen molar-refractivity contribution in [1.82, 2.24) is 4.98 Å². The van der Waals surface area contributed by atoms with Gasteiger partial charge in [0.25, 0.3) is 0 Å². The highest BCUT2D eigenvalue weighted by Gasteiger charge is 2.49. The minimum absolute atomic E-state index is 0.00801. The summed E-state index contributed by atoms with van der Waals surface area (Å²) in [4.78, 5) is 34.2. The van der Waals surface area contributed by atoms with Crippen LogP contribution >= 0.6 is 0 Å². The number of amides is 2. The highest BCUT2D eigenvalue weighted by Crippen LogP contribution is 2.41. The minimum Gasteiger partial charge on any atom is -0.354 e. The molecule has 2 aromatic rings. The number of aromatic nitrogens is 1. The molecule has 3 heterocycles. The van der Waals surface area contributed by atoms with Gasteiger partial charge in [-0.05, 0) is 31.2 Å². The lowest BCUT2D eigenvalue weighted by atomic mass is 9.95. The van der Waals surface area contributed by atoms with Gasteiger partial charge in [-0.25, -0.2) is 9.37 Å². The number of fused-ring (bicyclic) bond motifs is 2. The number of alkyl halides is 3. The Morgan fingerprint density at radius 2 is 1.97 bits per heavy atom. The summed E-state index contributed by atoms with van der Waals surface area (Å²) >= 11 is 0. The number of rotatable bonds is 2. The van der Waals surface area contributed by atoms with E-state index in [9.17, 15) is 32.4 Å². The summed E-state index contributed by atoms with van der Waals surface area (Å²) in [5, 5.41) is 9.29. The van der Waals surface area contributed by atoms with Crippen LogP contribution in [0.3, 0.4) is 0 Å². The van der Waals surface area contributed by atoms with E-state index >= 15 is 0 Å². The van der Waals surface area contributed by atoms with Crippen LogP contribution in [-0.4, -0.2) is 43.0 Å². The number of anilines is 3. The van der Waals surface area contributed by atoms with Gasteiger partial charge in [0.05, 0.1) is 23.0 Å². The molecular weight excluding hydrogens is 442 g/mol. The third kappa shape index (κ3) is 3.86. The SMILES string of the molecule is Cc1cc(C(F)(F)F)cc(N2C(=O)C[C@@H]3CN(CC#N)c4c(F)cccc4N(C)C(=O)[C@H]32)n1. The van der Waals surface area contributed by atoms with E-state index in [4.69, 9.17) is 0 Å². The number of likely N-dealkylation sites (N-methyl/N-ethyl adjacent to an activating group) is 1. The van der Waals surface area contributed by atoms with Crippen LogP contribution in [0.5, 0.6) is 0 Å². The van der Waals surface area contributed by atoms with Crippen molar-refractivity contribution in [1.29, 1.82) is 5.26 Å². The summed E-state index contributed by atoms with van der Waals surface area (Å²) in [7, 11) is 1.40. The number of para-hydroxylation sites is 1. The third-order valence-electron chi connectivity index (χ3n) is 5.89. The topological polar surface area (TPSA) is 80.5 Å².